The maximum absolute atomic E-state index is 6.07. The quantitative estimate of drug-likeness (QED) is 0.482. The van der Waals surface area contributed by atoms with Gasteiger partial charge in [-0.1, -0.05) is 39.5 Å². The van der Waals surface area contributed by atoms with Gasteiger partial charge in [0.1, 0.15) is 0 Å². The highest BCUT2D eigenvalue weighted by molar-refractivity contribution is 6.76. The van der Waals surface area contributed by atoms with Gasteiger partial charge in [-0.15, -0.1) is 11.6 Å². The highest BCUT2D eigenvalue weighted by Gasteiger charge is 2.61. The maximum Gasteiger partial charge on any atom is 0.0448 e. The molecule has 0 nitrogen and oxygen atoms in total. The molecule has 0 radical (unpaired) electrons. The van der Waals surface area contributed by atoms with Gasteiger partial charge in [0.05, 0.1) is 0 Å². The summed E-state index contributed by atoms with van der Waals surface area (Å²) in [6.07, 6.45) is 1.34. The summed E-state index contributed by atoms with van der Waals surface area (Å²) in [5.41, 5.74) is 1.02. The van der Waals surface area contributed by atoms with Crippen LogP contribution in [0.2, 0.25) is 25.7 Å². The maximum atomic E-state index is 6.07. The predicted molar refractivity (Wildman–Crippen MR) is 59.7 cm³/mol. The molecule has 1 unspecified atom stereocenters. The Bertz CT molecular complexity index is 181. The second kappa shape index (κ2) is 2.75. The summed E-state index contributed by atoms with van der Waals surface area (Å²) >= 11 is 6.07. The minimum atomic E-state index is -0.924. The van der Waals surface area contributed by atoms with E-state index in [-0.39, 0.29) is 0 Å². The van der Waals surface area contributed by atoms with Gasteiger partial charge in [0.25, 0.3) is 0 Å². The molecule has 0 N–H and O–H groups in total. The molecule has 0 aliphatic heterocycles. The minimum absolute atomic E-state index is 0.499. The summed E-state index contributed by atoms with van der Waals surface area (Å²) in [7, 11) is -0.924. The Morgan fingerprint density at radius 2 is 1.67 bits per heavy atom. The predicted octanol–water partition coefficient (Wildman–Crippen LogP) is 3.98. The third kappa shape index (κ3) is 1.87. The average molecular weight is 205 g/mol. The highest BCUT2D eigenvalue weighted by atomic mass is 35.5. The fourth-order valence-corrected chi connectivity index (χ4v) is 5.86. The van der Waals surface area contributed by atoms with Gasteiger partial charge in [0.15, 0.2) is 0 Å². The second-order valence-corrected chi connectivity index (χ2v) is 12.0. The molecule has 12 heavy (non-hydrogen) atoms. The lowest BCUT2D eigenvalue weighted by atomic mass is 10.0. The van der Waals surface area contributed by atoms with E-state index in [1.165, 1.54) is 12.5 Å². The van der Waals surface area contributed by atoms with Crippen molar-refractivity contribution in [1.29, 1.82) is 0 Å². The van der Waals surface area contributed by atoms with Crippen LogP contribution in [0.3, 0.4) is 0 Å². The molecule has 0 heterocycles. The first-order valence-corrected chi connectivity index (χ1v) is 9.03. The zero-order chi connectivity index (χ0) is 9.62. The van der Waals surface area contributed by atoms with E-state index in [1.807, 2.05) is 0 Å². The van der Waals surface area contributed by atoms with E-state index in [0.717, 1.165) is 5.88 Å². The van der Waals surface area contributed by atoms with Gasteiger partial charge in [-0.05, 0) is 17.3 Å². The van der Waals surface area contributed by atoms with Gasteiger partial charge in [-0.25, -0.2) is 0 Å². The van der Waals surface area contributed by atoms with Crippen LogP contribution in [-0.2, 0) is 0 Å². The molecule has 1 saturated carbocycles. The Morgan fingerprint density at radius 1 is 1.25 bits per heavy atom. The number of halogens is 1. The van der Waals surface area contributed by atoms with E-state index in [9.17, 15) is 0 Å². The number of hydrogen-bond acceptors (Lipinski definition) is 0. The SMILES string of the molecule is CC1(C)CC1(CCl)C[Si](C)(C)C. The molecule has 1 aliphatic carbocycles. The molecular weight excluding hydrogens is 184 g/mol. The van der Waals surface area contributed by atoms with Crippen LogP contribution in [0, 0.1) is 10.8 Å². The number of rotatable bonds is 3. The lowest BCUT2D eigenvalue weighted by Gasteiger charge is -2.25. The summed E-state index contributed by atoms with van der Waals surface area (Å²) < 4.78 is 0. The molecule has 1 fully saturated rings. The molecule has 0 aromatic heterocycles. The first-order valence-electron chi connectivity index (χ1n) is 4.79. The van der Waals surface area contributed by atoms with Crippen molar-refractivity contribution in [1.82, 2.24) is 0 Å². The molecule has 72 valence electrons. The molecule has 0 aromatic carbocycles. The fraction of sp³-hybridized carbons (Fsp3) is 1.00. The molecular formula is C10H21ClSi. The first kappa shape index (κ1) is 10.6. The molecule has 0 bridgehead atoms. The van der Waals surface area contributed by atoms with E-state index >= 15 is 0 Å². The summed E-state index contributed by atoms with van der Waals surface area (Å²) in [4.78, 5) is 0. The lowest BCUT2D eigenvalue weighted by molar-refractivity contribution is 0.457. The monoisotopic (exact) mass is 204 g/mol. The number of hydrogen-bond donors (Lipinski definition) is 0. The van der Waals surface area contributed by atoms with Crippen LogP contribution in [0.25, 0.3) is 0 Å². The molecule has 1 aliphatic rings. The lowest BCUT2D eigenvalue weighted by Crippen LogP contribution is -2.28. The van der Waals surface area contributed by atoms with Crippen LogP contribution in [0.1, 0.15) is 20.3 Å². The Balaban J connectivity index is 2.62. The van der Waals surface area contributed by atoms with Crippen LogP contribution in [-0.4, -0.2) is 14.0 Å². The molecule has 2 heteroatoms. The molecule has 1 atom stereocenters. The third-order valence-corrected chi connectivity index (χ3v) is 5.46. The third-order valence-electron chi connectivity index (χ3n) is 3.22. The van der Waals surface area contributed by atoms with Gasteiger partial charge in [-0.2, -0.15) is 0 Å². The zero-order valence-electron chi connectivity index (χ0n) is 9.00. The molecule has 0 saturated heterocycles. The number of alkyl halides is 1. The van der Waals surface area contributed by atoms with Gasteiger partial charge in [-0.3, -0.25) is 0 Å². The van der Waals surface area contributed by atoms with E-state index in [1.54, 1.807) is 0 Å². The Hall–Kier alpha value is 0.507. The van der Waals surface area contributed by atoms with Crippen molar-refractivity contribution in [3.05, 3.63) is 0 Å². The van der Waals surface area contributed by atoms with Crippen LogP contribution < -0.4 is 0 Å². The van der Waals surface area contributed by atoms with Crippen molar-refractivity contribution in [3.63, 3.8) is 0 Å². The van der Waals surface area contributed by atoms with Gasteiger partial charge >= 0.3 is 0 Å². The second-order valence-electron chi connectivity index (χ2n) is 6.21. The van der Waals surface area contributed by atoms with Gasteiger partial charge in [0, 0.05) is 14.0 Å². The normalized spacial score (nSPS) is 33.5. The first-order chi connectivity index (χ1) is 5.22. The van der Waals surface area contributed by atoms with E-state index in [0.29, 0.717) is 10.8 Å². The highest BCUT2D eigenvalue weighted by Crippen LogP contribution is 2.67. The van der Waals surface area contributed by atoms with E-state index in [2.05, 4.69) is 33.5 Å². The van der Waals surface area contributed by atoms with E-state index < -0.39 is 8.07 Å². The molecule has 1 rings (SSSR count). The Kier molecular flexibility index (Phi) is 2.42. The fourth-order valence-electron chi connectivity index (χ4n) is 2.39. The smallest absolute Gasteiger partial charge is 0.0448 e. The van der Waals surface area contributed by atoms with Gasteiger partial charge in [0.2, 0.25) is 0 Å². The summed E-state index contributed by atoms with van der Waals surface area (Å²) in [5, 5.41) is 0. The van der Waals surface area contributed by atoms with E-state index in [4.69, 9.17) is 11.6 Å². The standard InChI is InChI=1S/C10H21ClSi/c1-9(2)6-10(9,7-11)8-12(3,4)5/h6-8H2,1-5H3. The Labute approximate surface area is 82.7 Å². The summed E-state index contributed by atoms with van der Waals surface area (Å²) in [6, 6.07) is 1.40. The van der Waals surface area contributed by atoms with Crippen LogP contribution in [0.4, 0.5) is 0 Å². The van der Waals surface area contributed by atoms with Crippen molar-refractivity contribution in [2.45, 2.75) is 46.0 Å². The summed E-state index contributed by atoms with van der Waals surface area (Å²) in [6.45, 7) is 12.0. The largest absolute Gasteiger partial charge is 0.126 e. The van der Waals surface area contributed by atoms with Gasteiger partial charge < -0.3 is 0 Å². The van der Waals surface area contributed by atoms with Crippen molar-refractivity contribution in [3.8, 4) is 0 Å². The van der Waals surface area contributed by atoms with Crippen molar-refractivity contribution >= 4 is 19.7 Å². The Morgan fingerprint density at radius 3 is 1.75 bits per heavy atom. The molecule has 0 aromatic rings. The molecule has 0 amide bonds. The van der Waals surface area contributed by atoms with Crippen molar-refractivity contribution < 1.29 is 0 Å². The van der Waals surface area contributed by atoms with Crippen LogP contribution in [0.15, 0.2) is 0 Å². The van der Waals surface area contributed by atoms with Crippen LogP contribution in [0.5, 0.6) is 0 Å². The zero-order valence-corrected chi connectivity index (χ0v) is 10.8. The van der Waals surface area contributed by atoms with Crippen LogP contribution >= 0.6 is 11.6 Å². The molecule has 0 spiro atoms. The van der Waals surface area contributed by atoms with Crippen molar-refractivity contribution in [2.75, 3.05) is 5.88 Å². The topological polar surface area (TPSA) is 0 Å². The minimum Gasteiger partial charge on any atom is -0.126 e. The summed E-state index contributed by atoms with van der Waals surface area (Å²) in [5.74, 6) is 0.865. The average Bonchev–Trinajstić information content (AvgIpc) is 2.30. The van der Waals surface area contributed by atoms with Crippen molar-refractivity contribution in [2.24, 2.45) is 10.8 Å².